The van der Waals surface area contributed by atoms with E-state index in [1.54, 1.807) is 29.4 Å². The molecule has 3 aromatic rings. The molecule has 41 heavy (non-hydrogen) atoms. The van der Waals surface area contributed by atoms with Gasteiger partial charge >= 0.3 is 5.97 Å². The van der Waals surface area contributed by atoms with Crippen molar-refractivity contribution in [3.8, 4) is 0 Å². The smallest absolute Gasteiger partial charge is 0.328 e. The number of guanidine groups is 1. The summed E-state index contributed by atoms with van der Waals surface area (Å²) < 4.78 is 5.44. The SMILES string of the molecule is [C-]#[N+]NC(=NC[C@H](NC(=C)c1c(Cl)cc2c(c1Cl)CCN(C(=O)c1ccc3ccoc3c1)C2)C(=O)O)N1CCCC1. The second-order valence-corrected chi connectivity index (χ2v) is 10.7. The third-order valence-corrected chi connectivity index (χ3v) is 8.04. The quantitative estimate of drug-likeness (QED) is 0.155. The maximum absolute atomic E-state index is 13.2. The van der Waals surface area contributed by atoms with Gasteiger partial charge in [0, 0.05) is 48.4 Å². The fraction of sp³-hybridized carbons (Fsp3) is 0.310. The number of amides is 1. The van der Waals surface area contributed by atoms with E-state index in [9.17, 15) is 14.7 Å². The lowest BCUT2D eigenvalue weighted by Gasteiger charge is -2.31. The summed E-state index contributed by atoms with van der Waals surface area (Å²) in [5.74, 6) is -0.906. The van der Waals surface area contributed by atoms with Gasteiger partial charge in [0.2, 0.25) is 0 Å². The number of benzene rings is 2. The number of halogens is 2. The number of hydrogen-bond acceptors (Lipinski definition) is 5. The van der Waals surface area contributed by atoms with E-state index in [0.29, 0.717) is 47.2 Å². The lowest BCUT2D eigenvalue weighted by Crippen LogP contribution is -2.41. The number of carbonyl (C=O) groups is 2. The van der Waals surface area contributed by atoms with Crippen molar-refractivity contribution in [2.75, 3.05) is 26.2 Å². The molecule has 2 aliphatic heterocycles. The predicted molar refractivity (Wildman–Crippen MR) is 158 cm³/mol. The number of furan rings is 1. The topological polar surface area (TPSA) is 115 Å². The molecule has 212 valence electrons. The zero-order chi connectivity index (χ0) is 29.1. The molecule has 1 amide bonds. The van der Waals surface area contributed by atoms with Crippen LogP contribution in [-0.4, -0.2) is 65.0 Å². The van der Waals surface area contributed by atoms with Gasteiger partial charge in [-0.05, 0) is 54.7 Å². The van der Waals surface area contributed by atoms with E-state index < -0.39 is 12.0 Å². The molecule has 0 bridgehead atoms. The van der Waals surface area contributed by atoms with E-state index in [-0.39, 0.29) is 23.2 Å². The van der Waals surface area contributed by atoms with Crippen molar-refractivity contribution in [1.82, 2.24) is 20.5 Å². The van der Waals surface area contributed by atoms with Crippen molar-refractivity contribution in [1.29, 1.82) is 0 Å². The maximum Gasteiger partial charge on any atom is 0.328 e. The molecule has 0 spiro atoms. The number of aliphatic imine (C=N–C) groups is 1. The zero-order valence-corrected chi connectivity index (χ0v) is 23.6. The Hall–Kier alpha value is -4.20. The van der Waals surface area contributed by atoms with Gasteiger partial charge in [-0.2, -0.15) is 11.5 Å². The van der Waals surface area contributed by atoms with Crippen molar-refractivity contribution >= 4 is 57.7 Å². The number of rotatable bonds is 7. The maximum atomic E-state index is 13.2. The highest BCUT2D eigenvalue weighted by atomic mass is 35.5. The fourth-order valence-electron chi connectivity index (χ4n) is 5.20. The van der Waals surface area contributed by atoms with Crippen LogP contribution in [0.4, 0.5) is 0 Å². The molecule has 0 radical (unpaired) electrons. The molecule has 2 aliphatic rings. The Morgan fingerprint density at radius 2 is 1.95 bits per heavy atom. The Balaban J connectivity index is 1.32. The zero-order valence-electron chi connectivity index (χ0n) is 22.1. The van der Waals surface area contributed by atoms with Crippen LogP contribution in [0.5, 0.6) is 0 Å². The van der Waals surface area contributed by atoms with Crippen LogP contribution in [0.15, 0.2) is 52.6 Å². The fourth-order valence-corrected chi connectivity index (χ4v) is 6.02. The molecule has 1 saturated heterocycles. The number of hydrogen-bond donors (Lipinski definition) is 3. The van der Waals surface area contributed by atoms with Crippen molar-refractivity contribution in [3.63, 3.8) is 0 Å². The Morgan fingerprint density at radius 3 is 2.68 bits per heavy atom. The van der Waals surface area contributed by atoms with Gasteiger partial charge in [-0.1, -0.05) is 41.3 Å². The summed E-state index contributed by atoms with van der Waals surface area (Å²) in [6.07, 6.45) is 4.05. The van der Waals surface area contributed by atoms with Crippen molar-refractivity contribution < 1.29 is 19.1 Å². The Morgan fingerprint density at radius 1 is 1.17 bits per heavy atom. The molecule has 0 unspecified atom stereocenters. The summed E-state index contributed by atoms with van der Waals surface area (Å²) in [5, 5.41) is 14.3. The van der Waals surface area contributed by atoms with Crippen molar-refractivity contribution in [2.45, 2.75) is 31.8 Å². The normalized spacial score (nSPS) is 15.8. The highest BCUT2D eigenvalue weighted by Gasteiger charge is 2.28. The average Bonchev–Trinajstić information content (AvgIpc) is 3.66. The molecule has 1 atom stereocenters. The van der Waals surface area contributed by atoms with Crippen LogP contribution in [0.2, 0.25) is 10.0 Å². The average molecular weight is 595 g/mol. The van der Waals surface area contributed by atoms with Gasteiger partial charge < -0.3 is 24.6 Å². The number of carbonyl (C=O) groups excluding carboxylic acids is 1. The first-order valence-corrected chi connectivity index (χ1v) is 13.9. The van der Waals surface area contributed by atoms with Crippen LogP contribution in [-0.2, 0) is 17.8 Å². The van der Waals surface area contributed by atoms with E-state index in [4.69, 9.17) is 34.2 Å². The Kier molecular flexibility index (Phi) is 8.38. The minimum absolute atomic E-state index is 0.123. The van der Waals surface area contributed by atoms with Gasteiger partial charge in [0.25, 0.3) is 11.9 Å². The summed E-state index contributed by atoms with van der Waals surface area (Å²) in [4.78, 5) is 36.5. The minimum atomic E-state index is -1.13. The van der Waals surface area contributed by atoms with E-state index in [1.807, 2.05) is 17.0 Å². The number of carboxylic acid groups (broad SMARTS) is 1. The van der Waals surface area contributed by atoms with Gasteiger partial charge in [-0.25, -0.2) is 9.79 Å². The number of fused-ring (bicyclic) bond motifs is 2. The van der Waals surface area contributed by atoms with Crippen LogP contribution in [0, 0.1) is 6.57 Å². The third-order valence-electron chi connectivity index (χ3n) is 7.33. The van der Waals surface area contributed by atoms with Crippen LogP contribution in [0.25, 0.3) is 21.6 Å². The van der Waals surface area contributed by atoms with Crippen LogP contribution >= 0.6 is 23.2 Å². The Labute approximate surface area is 247 Å². The number of nitrogens with one attached hydrogen (secondary N) is 2. The molecule has 3 heterocycles. The molecule has 0 aliphatic carbocycles. The number of carboxylic acids is 1. The summed E-state index contributed by atoms with van der Waals surface area (Å²) in [7, 11) is 0. The molecule has 0 saturated carbocycles. The first-order valence-electron chi connectivity index (χ1n) is 13.1. The predicted octanol–water partition coefficient (Wildman–Crippen LogP) is 4.83. The summed E-state index contributed by atoms with van der Waals surface area (Å²) in [6.45, 7) is 13.3. The van der Waals surface area contributed by atoms with Gasteiger partial charge in [-0.15, -0.1) is 0 Å². The molecule has 2 aromatic carbocycles. The summed E-state index contributed by atoms with van der Waals surface area (Å²) >= 11 is 13.5. The molecule has 1 aromatic heterocycles. The summed E-state index contributed by atoms with van der Waals surface area (Å²) in [6, 6.07) is 7.83. The number of likely N-dealkylation sites (tertiary alicyclic amines) is 1. The van der Waals surface area contributed by atoms with Crippen LogP contribution in [0.3, 0.4) is 0 Å². The highest BCUT2D eigenvalue weighted by molar-refractivity contribution is 6.38. The van der Waals surface area contributed by atoms with E-state index in [2.05, 4.69) is 27.3 Å². The second kappa shape index (κ2) is 12.1. The molecule has 3 N–H and O–H groups in total. The van der Waals surface area contributed by atoms with E-state index >= 15 is 0 Å². The molecule has 1 fully saturated rings. The molecule has 10 nitrogen and oxygen atoms in total. The molecule has 12 heteroatoms. The van der Waals surface area contributed by atoms with Crippen molar-refractivity contribution in [3.05, 3.63) is 87.0 Å². The highest BCUT2D eigenvalue weighted by Crippen LogP contribution is 2.37. The van der Waals surface area contributed by atoms with Gasteiger partial charge in [0.05, 0.1) is 22.9 Å². The molecular formula is C29H28Cl2N6O4. The molecule has 5 rings (SSSR count). The van der Waals surface area contributed by atoms with Gasteiger partial charge in [-0.3, -0.25) is 4.79 Å². The first kappa shape index (κ1) is 28.3. The third kappa shape index (κ3) is 5.97. The largest absolute Gasteiger partial charge is 0.480 e. The van der Waals surface area contributed by atoms with E-state index in [0.717, 1.165) is 42.4 Å². The Bertz CT molecular complexity index is 1590. The standard InChI is InChI=1S/C29H28Cl2N6O4/c1-17(34-23(28(39)40)15-33-29(35-32-2)36-9-3-4-10-36)25-22(30)13-20-16-37(11-7-21(20)26(25)31)27(38)19-6-5-18-8-12-41-24(18)14-19/h5-6,8,12-14,23,34H,1,3-4,7,9-11,15-16H2,(H,33,35)(H,39,40)/t23-/m0/s1. The van der Waals surface area contributed by atoms with Crippen molar-refractivity contribution in [2.24, 2.45) is 4.99 Å². The first-order chi connectivity index (χ1) is 19.8. The van der Waals surface area contributed by atoms with E-state index in [1.165, 1.54) is 0 Å². The van der Waals surface area contributed by atoms with Crippen LogP contribution in [0.1, 0.15) is 39.9 Å². The van der Waals surface area contributed by atoms with Crippen LogP contribution < -0.4 is 10.7 Å². The number of nitrogens with zero attached hydrogens (tertiary/aromatic N) is 4. The molecular weight excluding hydrogens is 567 g/mol. The lowest BCUT2D eigenvalue weighted by atomic mass is 9.95. The summed E-state index contributed by atoms with van der Waals surface area (Å²) in [5.41, 5.74) is 6.02. The lowest BCUT2D eigenvalue weighted by molar-refractivity contribution is -0.138. The second-order valence-electron chi connectivity index (χ2n) is 9.93. The number of aliphatic carboxylic acids is 1. The monoisotopic (exact) mass is 594 g/mol. The van der Waals surface area contributed by atoms with Gasteiger partial charge in [0.1, 0.15) is 11.6 Å². The van der Waals surface area contributed by atoms with Gasteiger partial charge in [0.15, 0.2) is 0 Å². The minimum Gasteiger partial charge on any atom is -0.480 e.